The van der Waals surface area contributed by atoms with Gasteiger partial charge in [0.15, 0.2) is 0 Å². The van der Waals surface area contributed by atoms with Gasteiger partial charge in [-0.2, -0.15) is 0 Å². The van der Waals surface area contributed by atoms with Crippen molar-refractivity contribution in [3.63, 3.8) is 0 Å². The van der Waals surface area contributed by atoms with Gasteiger partial charge in [0.25, 0.3) is 0 Å². The Bertz CT molecular complexity index is 800. The Kier molecular flexibility index (Phi) is 9.55. The third kappa shape index (κ3) is 7.41. The molecule has 0 saturated heterocycles. The summed E-state index contributed by atoms with van der Waals surface area (Å²) < 4.78 is 0. The highest BCUT2D eigenvalue weighted by atomic mass is 35.5. The van der Waals surface area contributed by atoms with Crippen LogP contribution in [0.3, 0.4) is 0 Å². The highest BCUT2D eigenvalue weighted by Gasteiger charge is 2.27. The summed E-state index contributed by atoms with van der Waals surface area (Å²) >= 11 is 7.85. The molecule has 29 heavy (non-hydrogen) atoms. The molecule has 2 amide bonds. The lowest BCUT2D eigenvalue weighted by Crippen LogP contribution is -2.50. The maximum atomic E-state index is 13.0. The van der Waals surface area contributed by atoms with Crippen LogP contribution in [0.4, 0.5) is 0 Å². The standard InChI is InChI=1S/C23H29ClN2O2S/c1-4-17(2)25-23(28)18(3)26(14-20-12-8-9-13-21(20)24)22(27)16-29-15-19-10-6-5-7-11-19/h5-13,17-18H,4,14-16H2,1-3H3,(H,25,28). The van der Waals surface area contributed by atoms with Crippen molar-refractivity contribution in [3.8, 4) is 0 Å². The Morgan fingerprint density at radius 1 is 1.07 bits per heavy atom. The molecule has 6 heteroatoms. The van der Waals surface area contributed by atoms with Crippen molar-refractivity contribution in [3.05, 3.63) is 70.7 Å². The van der Waals surface area contributed by atoms with Gasteiger partial charge in [0.05, 0.1) is 5.75 Å². The lowest BCUT2D eigenvalue weighted by Gasteiger charge is -2.30. The molecule has 2 aromatic rings. The van der Waals surface area contributed by atoms with E-state index < -0.39 is 6.04 Å². The predicted molar refractivity (Wildman–Crippen MR) is 122 cm³/mol. The quantitative estimate of drug-likeness (QED) is 0.580. The fraction of sp³-hybridized carbons (Fsp3) is 0.391. The molecule has 156 valence electrons. The second-order valence-electron chi connectivity index (χ2n) is 7.09. The number of carbonyl (C=O) groups excluding carboxylic acids is 2. The van der Waals surface area contributed by atoms with Gasteiger partial charge in [0.2, 0.25) is 11.8 Å². The molecule has 0 fully saturated rings. The molecular weight excluding hydrogens is 404 g/mol. The number of rotatable bonds is 10. The zero-order chi connectivity index (χ0) is 21.2. The summed E-state index contributed by atoms with van der Waals surface area (Å²) in [6.45, 7) is 6.05. The fourth-order valence-electron chi connectivity index (χ4n) is 2.77. The molecule has 0 radical (unpaired) electrons. The molecule has 2 rings (SSSR count). The van der Waals surface area contributed by atoms with Gasteiger partial charge in [-0.3, -0.25) is 9.59 Å². The molecule has 0 aliphatic rings. The van der Waals surface area contributed by atoms with Gasteiger partial charge in [-0.15, -0.1) is 11.8 Å². The average Bonchev–Trinajstić information content (AvgIpc) is 2.73. The van der Waals surface area contributed by atoms with Crippen LogP contribution in [0.5, 0.6) is 0 Å². The van der Waals surface area contributed by atoms with E-state index in [0.29, 0.717) is 17.3 Å². The molecule has 2 atom stereocenters. The summed E-state index contributed by atoms with van der Waals surface area (Å²) in [5, 5.41) is 3.57. The highest BCUT2D eigenvalue weighted by molar-refractivity contribution is 7.99. The van der Waals surface area contributed by atoms with E-state index in [9.17, 15) is 9.59 Å². The Hall–Kier alpha value is -1.98. The summed E-state index contributed by atoms with van der Waals surface area (Å²) in [4.78, 5) is 27.3. The van der Waals surface area contributed by atoms with Gasteiger partial charge in [-0.25, -0.2) is 0 Å². The second kappa shape index (κ2) is 11.9. The largest absolute Gasteiger partial charge is 0.352 e. The normalized spacial score (nSPS) is 12.8. The highest BCUT2D eigenvalue weighted by Crippen LogP contribution is 2.20. The molecule has 0 saturated carbocycles. The Labute approximate surface area is 183 Å². The molecule has 0 aliphatic carbocycles. The number of hydrogen-bond donors (Lipinski definition) is 1. The first-order valence-electron chi connectivity index (χ1n) is 9.87. The summed E-state index contributed by atoms with van der Waals surface area (Å²) in [5.41, 5.74) is 2.00. The van der Waals surface area contributed by atoms with Crippen molar-refractivity contribution < 1.29 is 9.59 Å². The fourth-order valence-corrected chi connectivity index (χ4v) is 3.84. The van der Waals surface area contributed by atoms with E-state index in [2.05, 4.69) is 5.32 Å². The summed E-state index contributed by atoms with van der Waals surface area (Å²) in [7, 11) is 0. The number of hydrogen-bond acceptors (Lipinski definition) is 3. The van der Waals surface area contributed by atoms with Gasteiger partial charge in [-0.1, -0.05) is 67.1 Å². The predicted octanol–water partition coefficient (Wildman–Crippen LogP) is 4.91. The van der Waals surface area contributed by atoms with Crippen molar-refractivity contribution in [1.82, 2.24) is 10.2 Å². The topological polar surface area (TPSA) is 49.4 Å². The van der Waals surface area contributed by atoms with Crippen LogP contribution < -0.4 is 5.32 Å². The Morgan fingerprint density at radius 2 is 1.72 bits per heavy atom. The monoisotopic (exact) mass is 432 g/mol. The van der Waals surface area contributed by atoms with Crippen molar-refractivity contribution >= 4 is 35.2 Å². The van der Waals surface area contributed by atoms with E-state index in [1.54, 1.807) is 29.7 Å². The molecule has 0 aromatic heterocycles. The van der Waals surface area contributed by atoms with Crippen molar-refractivity contribution in [2.24, 2.45) is 0 Å². The van der Waals surface area contributed by atoms with Crippen LogP contribution in [-0.2, 0) is 21.9 Å². The van der Waals surface area contributed by atoms with Crippen LogP contribution in [0.1, 0.15) is 38.3 Å². The lowest BCUT2D eigenvalue weighted by molar-refractivity contribution is -0.138. The molecule has 0 heterocycles. The number of nitrogens with zero attached hydrogens (tertiary/aromatic N) is 1. The van der Waals surface area contributed by atoms with Gasteiger partial charge >= 0.3 is 0 Å². The number of benzene rings is 2. The van der Waals surface area contributed by atoms with Crippen LogP contribution in [0.15, 0.2) is 54.6 Å². The van der Waals surface area contributed by atoms with Crippen molar-refractivity contribution in [2.45, 2.75) is 51.6 Å². The number of halogens is 1. The Balaban J connectivity index is 2.08. The number of carbonyl (C=O) groups is 2. The molecule has 4 nitrogen and oxygen atoms in total. The number of amides is 2. The average molecular weight is 433 g/mol. The van der Waals surface area contributed by atoms with E-state index in [0.717, 1.165) is 17.7 Å². The maximum absolute atomic E-state index is 13.0. The number of thioether (sulfide) groups is 1. The van der Waals surface area contributed by atoms with E-state index in [1.807, 2.05) is 62.4 Å². The molecule has 2 unspecified atom stereocenters. The lowest BCUT2D eigenvalue weighted by atomic mass is 10.1. The van der Waals surface area contributed by atoms with Gasteiger partial charge in [0.1, 0.15) is 6.04 Å². The van der Waals surface area contributed by atoms with E-state index in [-0.39, 0.29) is 17.9 Å². The summed E-state index contributed by atoms with van der Waals surface area (Å²) in [6.07, 6.45) is 0.837. The molecule has 1 N–H and O–H groups in total. The SMILES string of the molecule is CCC(C)NC(=O)C(C)N(Cc1ccccc1Cl)C(=O)CSCc1ccccc1. The minimum atomic E-state index is -0.579. The van der Waals surface area contributed by atoms with Crippen LogP contribution in [0, 0.1) is 0 Å². The van der Waals surface area contributed by atoms with Crippen LogP contribution in [0.25, 0.3) is 0 Å². The first-order valence-corrected chi connectivity index (χ1v) is 11.4. The van der Waals surface area contributed by atoms with Crippen LogP contribution in [0.2, 0.25) is 5.02 Å². The van der Waals surface area contributed by atoms with Gasteiger partial charge < -0.3 is 10.2 Å². The minimum absolute atomic E-state index is 0.0645. The molecule has 0 bridgehead atoms. The van der Waals surface area contributed by atoms with Gasteiger partial charge in [-0.05, 0) is 37.5 Å². The summed E-state index contributed by atoms with van der Waals surface area (Å²) in [5.74, 6) is 0.839. The minimum Gasteiger partial charge on any atom is -0.352 e. The molecular formula is C23H29ClN2O2S. The zero-order valence-electron chi connectivity index (χ0n) is 17.2. The first kappa shape index (κ1) is 23.3. The Morgan fingerprint density at radius 3 is 2.38 bits per heavy atom. The smallest absolute Gasteiger partial charge is 0.242 e. The molecule has 2 aromatic carbocycles. The second-order valence-corrected chi connectivity index (χ2v) is 8.48. The molecule has 0 spiro atoms. The summed E-state index contributed by atoms with van der Waals surface area (Å²) in [6, 6.07) is 17.0. The zero-order valence-corrected chi connectivity index (χ0v) is 18.8. The van der Waals surface area contributed by atoms with Crippen molar-refractivity contribution in [2.75, 3.05) is 5.75 Å². The van der Waals surface area contributed by atoms with Crippen LogP contribution in [-0.4, -0.2) is 34.6 Å². The van der Waals surface area contributed by atoms with Crippen molar-refractivity contribution in [1.29, 1.82) is 0 Å². The van der Waals surface area contributed by atoms with E-state index >= 15 is 0 Å². The number of nitrogens with one attached hydrogen (secondary N) is 1. The first-order chi connectivity index (χ1) is 13.9. The van der Waals surface area contributed by atoms with Gasteiger partial charge in [0, 0.05) is 23.4 Å². The third-order valence-electron chi connectivity index (χ3n) is 4.80. The van der Waals surface area contributed by atoms with E-state index in [4.69, 9.17) is 11.6 Å². The molecule has 0 aliphatic heterocycles. The third-order valence-corrected chi connectivity index (χ3v) is 6.16. The van der Waals surface area contributed by atoms with E-state index in [1.165, 1.54) is 5.56 Å². The van der Waals surface area contributed by atoms with Crippen LogP contribution >= 0.6 is 23.4 Å². The maximum Gasteiger partial charge on any atom is 0.242 e.